The largest absolute Gasteiger partial charge is 0.497 e. The lowest BCUT2D eigenvalue weighted by molar-refractivity contribution is -0.133. The van der Waals surface area contributed by atoms with Crippen LogP contribution in [0.2, 0.25) is 0 Å². The molecule has 2 aliphatic carbocycles. The Morgan fingerprint density at radius 1 is 1.08 bits per heavy atom. The summed E-state index contributed by atoms with van der Waals surface area (Å²) in [6.07, 6.45) is 5.42. The second-order valence-electron chi connectivity index (χ2n) is 8.15. The minimum absolute atomic E-state index is 0.0920. The highest BCUT2D eigenvalue weighted by Crippen LogP contribution is 2.44. The summed E-state index contributed by atoms with van der Waals surface area (Å²) >= 11 is 0. The number of ether oxygens (including phenoxy) is 1. The van der Waals surface area contributed by atoms with Crippen molar-refractivity contribution >= 4 is 17.1 Å². The maximum atomic E-state index is 12.2. The van der Waals surface area contributed by atoms with Crippen LogP contribution in [0.4, 0.5) is 0 Å². The Kier molecular flexibility index (Phi) is 4.15. The second kappa shape index (κ2) is 5.87. The Hall–Kier alpha value is -1.90. The van der Waals surface area contributed by atoms with E-state index in [1.54, 1.807) is 7.11 Å². The number of rotatable bonds is 3. The van der Waals surface area contributed by atoms with Crippen molar-refractivity contribution in [2.75, 3.05) is 7.11 Å². The molecule has 0 amide bonds. The predicted molar refractivity (Wildman–Crippen MR) is 95.0 cm³/mol. The van der Waals surface area contributed by atoms with E-state index < -0.39 is 5.41 Å². The van der Waals surface area contributed by atoms with Crippen molar-refractivity contribution in [3.05, 3.63) is 35.4 Å². The zero-order valence-corrected chi connectivity index (χ0v) is 15.1. The van der Waals surface area contributed by atoms with Crippen molar-refractivity contribution in [1.82, 2.24) is 0 Å². The standard InChI is InChI=1S/C21H26O3/c1-20(2)12-14(9-10-21(3)18(22)7-8-19(21)23)17-6-5-16(24-4)11-15(17)13-20/h5-6,9,11H,7-8,10,12-13H2,1-4H3/b14-9+. The average molecular weight is 326 g/mol. The van der Waals surface area contributed by atoms with Crippen LogP contribution in [-0.4, -0.2) is 18.7 Å². The number of hydrogen-bond acceptors (Lipinski definition) is 3. The molecule has 0 unspecified atom stereocenters. The van der Waals surface area contributed by atoms with Gasteiger partial charge >= 0.3 is 0 Å². The van der Waals surface area contributed by atoms with Crippen LogP contribution in [0.15, 0.2) is 24.3 Å². The zero-order valence-electron chi connectivity index (χ0n) is 15.1. The topological polar surface area (TPSA) is 43.4 Å². The van der Waals surface area contributed by atoms with Gasteiger partial charge in [0.1, 0.15) is 17.3 Å². The second-order valence-corrected chi connectivity index (χ2v) is 8.15. The lowest BCUT2D eigenvalue weighted by atomic mass is 9.71. The predicted octanol–water partition coefficient (Wildman–Crippen LogP) is 4.38. The van der Waals surface area contributed by atoms with Gasteiger partial charge in [0.15, 0.2) is 0 Å². The van der Waals surface area contributed by atoms with E-state index in [-0.39, 0.29) is 17.0 Å². The highest BCUT2D eigenvalue weighted by Gasteiger charge is 2.44. The van der Waals surface area contributed by atoms with Crippen molar-refractivity contribution < 1.29 is 14.3 Å². The van der Waals surface area contributed by atoms with E-state index in [1.165, 1.54) is 16.7 Å². The molecule has 0 N–H and O–H groups in total. The quantitative estimate of drug-likeness (QED) is 0.774. The molecule has 1 aromatic carbocycles. The highest BCUT2D eigenvalue weighted by atomic mass is 16.5. The van der Waals surface area contributed by atoms with Gasteiger partial charge in [-0.15, -0.1) is 0 Å². The van der Waals surface area contributed by atoms with E-state index in [9.17, 15) is 9.59 Å². The van der Waals surface area contributed by atoms with E-state index in [2.05, 4.69) is 32.1 Å². The Morgan fingerprint density at radius 2 is 1.75 bits per heavy atom. The molecule has 1 aromatic rings. The SMILES string of the molecule is COc1ccc2c(c1)CC(C)(C)C/C2=C\CC1(C)C(=O)CCC1=O. The van der Waals surface area contributed by atoms with Crippen LogP contribution in [0.1, 0.15) is 57.6 Å². The van der Waals surface area contributed by atoms with Crippen LogP contribution in [0, 0.1) is 10.8 Å². The molecule has 0 saturated heterocycles. The molecule has 2 aliphatic rings. The molecule has 128 valence electrons. The summed E-state index contributed by atoms with van der Waals surface area (Å²) < 4.78 is 5.36. The highest BCUT2D eigenvalue weighted by molar-refractivity contribution is 6.12. The number of methoxy groups -OCH3 is 1. The average Bonchev–Trinajstić information content (AvgIpc) is 2.79. The number of hydrogen-bond donors (Lipinski definition) is 0. The number of fused-ring (bicyclic) bond motifs is 1. The van der Waals surface area contributed by atoms with Crippen LogP contribution in [0.5, 0.6) is 5.75 Å². The van der Waals surface area contributed by atoms with E-state index in [0.717, 1.165) is 18.6 Å². The van der Waals surface area contributed by atoms with Gasteiger partial charge in [-0.2, -0.15) is 0 Å². The number of allylic oxidation sites excluding steroid dienone is 2. The smallest absolute Gasteiger partial charge is 0.146 e. The summed E-state index contributed by atoms with van der Waals surface area (Å²) in [6.45, 7) is 6.33. The Bertz CT molecular complexity index is 709. The van der Waals surface area contributed by atoms with Crippen LogP contribution in [0.25, 0.3) is 5.57 Å². The molecular formula is C21H26O3. The molecule has 3 nitrogen and oxygen atoms in total. The fourth-order valence-corrected chi connectivity index (χ4v) is 4.02. The van der Waals surface area contributed by atoms with Gasteiger partial charge in [0.2, 0.25) is 0 Å². The number of Topliss-reactive ketones (excluding diaryl/α,β-unsaturated/α-hetero) is 2. The third-order valence-electron chi connectivity index (χ3n) is 5.56. The van der Waals surface area contributed by atoms with Crippen molar-refractivity contribution in [3.63, 3.8) is 0 Å². The van der Waals surface area contributed by atoms with Crippen molar-refractivity contribution in [3.8, 4) is 5.75 Å². The van der Waals surface area contributed by atoms with Gasteiger partial charge in [0.05, 0.1) is 12.5 Å². The van der Waals surface area contributed by atoms with Crippen LogP contribution >= 0.6 is 0 Å². The maximum Gasteiger partial charge on any atom is 0.146 e. The summed E-state index contributed by atoms with van der Waals surface area (Å²) in [5.74, 6) is 1.06. The van der Waals surface area contributed by atoms with E-state index in [0.29, 0.717) is 19.3 Å². The monoisotopic (exact) mass is 326 g/mol. The Balaban J connectivity index is 1.96. The van der Waals surface area contributed by atoms with Crippen LogP contribution in [0.3, 0.4) is 0 Å². The molecule has 1 saturated carbocycles. The molecule has 1 fully saturated rings. The lowest BCUT2D eigenvalue weighted by Gasteiger charge is -2.34. The first kappa shape index (κ1) is 16.9. The molecule has 3 rings (SSSR count). The number of carbonyl (C=O) groups excluding carboxylic acids is 2. The Labute approximate surface area is 144 Å². The molecule has 0 aliphatic heterocycles. The summed E-state index contributed by atoms with van der Waals surface area (Å²) in [5, 5.41) is 0. The van der Waals surface area contributed by atoms with Gasteiger partial charge in [-0.1, -0.05) is 26.0 Å². The van der Waals surface area contributed by atoms with Gasteiger partial charge in [-0.05, 0) is 60.4 Å². The maximum absolute atomic E-state index is 12.2. The van der Waals surface area contributed by atoms with Crippen molar-refractivity contribution in [2.24, 2.45) is 10.8 Å². The molecule has 0 atom stereocenters. The molecule has 0 radical (unpaired) electrons. The van der Waals surface area contributed by atoms with Crippen LogP contribution in [-0.2, 0) is 16.0 Å². The van der Waals surface area contributed by atoms with E-state index >= 15 is 0 Å². The molecule has 24 heavy (non-hydrogen) atoms. The number of ketones is 2. The first-order chi connectivity index (χ1) is 11.2. The van der Waals surface area contributed by atoms with Crippen molar-refractivity contribution in [2.45, 2.75) is 52.9 Å². The van der Waals surface area contributed by atoms with Gasteiger partial charge in [0, 0.05) is 12.8 Å². The fourth-order valence-electron chi connectivity index (χ4n) is 4.02. The molecule has 3 heteroatoms. The molecule has 0 bridgehead atoms. The van der Waals surface area contributed by atoms with E-state index in [1.807, 2.05) is 13.0 Å². The third kappa shape index (κ3) is 2.92. The number of benzene rings is 1. The van der Waals surface area contributed by atoms with Gasteiger partial charge in [0.25, 0.3) is 0 Å². The summed E-state index contributed by atoms with van der Waals surface area (Å²) in [6, 6.07) is 6.20. The first-order valence-electron chi connectivity index (χ1n) is 8.68. The first-order valence-corrected chi connectivity index (χ1v) is 8.68. The minimum atomic E-state index is -0.818. The summed E-state index contributed by atoms with van der Waals surface area (Å²) in [4.78, 5) is 24.3. The molecule has 0 spiro atoms. The summed E-state index contributed by atoms with van der Waals surface area (Å²) in [7, 11) is 1.69. The minimum Gasteiger partial charge on any atom is -0.497 e. The van der Waals surface area contributed by atoms with Gasteiger partial charge in [-0.3, -0.25) is 9.59 Å². The Morgan fingerprint density at radius 3 is 2.38 bits per heavy atom. The molecule has 0 heterocycles. The van der Waals surface area contributed by atoms with Gasteiger partial charge in [-0.25, -0.2) is 0 Å². The molecule has 0 aromatic heterocycles. The summed E-state index contributed by atoms with van der Waals surface area (Å²) in [5.41, 5.74) is 3.11. The normalized spacial score (nSPS) is 23.4. The van der Waals surface area contributed by atoms with Crippen molar-refractivity contribution in [1.29, 1.82) is 0 Å². The molecular weight excluding hydrogens is 300 g/mol. The zero-order chi connectivity index (χ0) is 17.5. The van der Waals surface area contributed by atoms with Crippen LogP contribution < -0.4 is 4.74 Å². The van der Waals surface area contributed by atoms with Gasteiger partial charge < -0.3 is 4.74 Å². The third-order valence-corrected chi connectivity index (χ3v) is 5.56. The fraction of sp³-hybridized carbons (Fsp3) is 0.524. The lowest BCUT2D eigenvalue weighted by Crippen LogP contribution is -2.29. The van der Waals surface area contributed by atoms with E-state index in [4.69, 9.17) is 4.74 Å². The number of carbonyl (C=O) groups is 2.